The molecule has 0 bridgehead atoms. The van der Waals surface area contributed by atoms with Gasteiger partial charge in [-0.15, -0.1) is 0 Å². The van der Waals surface area contributed by atoms with Crippen molar-refractivity contribution in [3.8, 4) is 11.3 Å². The Labute approximate surface area is 123 Å². The molecule has 0 N–H and O–H groups in total. The molecule has 1 aliphatic rings. The average molecular weight is 283 g/mol. The number of nitrogens with zero attached hydrogens (tertiary/aromatic N) is 1. The van der Waals surface area contributed by atoms with Crippen molar-refractivity contribution in [1.82, 2.24) is 4.90 Å². The van der Waals surface area contributed by atoms with E-state index in [0.717, 1.165) is 5.56 Å². The van der Waals surface area contributed by atoms with Crippen LogP contribution in [0.5, 0.6) is 0 Å². The summed E-state index contributed by atoms with van der Waals surface area (Å²) in [6.07, 6.45) is 0.430. The van der Waals surface area contributed by atoms with E-state index in [9.17, 15) is 9.59 Å². The fraction of sp³-hybridized carbons (Fsp3) is 0.294. The SMILES string of the molecule is CC1CN(C(=O)c2ccc(-c3ccccc3)o2)CCC1=O. The first-order chi connectivity index (χ1) is 10.1. The monoisotopic (exact) mass is 283 g/mol. The van der Waals surface area contributed by atoms with Crippen molar-refractivity contribution < 1.29 is 14.0 Å². The number of likely N-dealkylation sites (tertiary alicyclic amines) is 1. The molecule has 2 heterocycles. The number of amides is 1. The summed E-state index contributed by atoms with van der Waals surface area (Å²) in [6.45, 7) is 2.81. The maximum atomic E-state index is 12.4. The van der Waals surface area contributed by atoms with Crippen LogP contribution in [0, 0.1) is 5.92 Å². The zero-order valence-electron chi connectivity index (χ0n) is 11.9. The maximum Gasteiger partial charge on any atom is 0.289 e. The highest BCUT2D eigenvalue weighted by Gasteiger charge is 2.28. The number of carbonyl (C=O) groups excluding carboxylic acids is 2. The van der Waals surface area contributed by atoms with Crippen LogP contribution < -0.4 is 0 Å². The quantitative estimate of drug-likeness (QED) is 0.851. The molecule has 21 heavy (non-hydrogen) atoms. The van der Waals surface area contributed by atoms with Crippen molar-refractivity contribution in [2.45, 2.75) is 13.3 Å². The molecule has 1 aromatic carbocycles. The van der Waals surface area contributed by atoms with E-state index in [-0.39, 0.29) is 17.6 Å². The van der Waals surface area contributed by atoms with Crippen LogP contribution in [0.1, 0.15) is 23.9 Å². The number of rotatable bonds is 2. The second-order valence-corrected chi connectivity index (χ2v) is 5.40. The number of hydrogen-bond donors (Lipinski definition) is 0. The summed E-state index contributed by atoms with van der Waals surface area (Å²) < 4.78 is 5.67. The molecule has 0 spiro atoms. The lowest BCUT2D eigenvalue weighted by Crippen LogP contribution is -2.43. The highest BCUT2D eigenvalue weighted by molar-refractivity contribution is 5.94. The minimum absolute atomic E-state index is 0.0914. The van der Waals surface area contributed by atoms with Crippen LogP contribution in [0.15, 0.2) is 46.9 Å². The predicted octanol–water partition coefficient (Wildman–Crippen LogP) is 3.00. The molecule has 108 valence electrons. The van der Waals surface area contributed by atoms with E-state index in [2.05, 4.69) is 0 Å². The molecule has 1 aromatic heterocycles. The summed E-state index contributed by atoms with van der Waals surface area (Å²) in [7, 11) is 0. The van der Waals surface area contributed by atoms with Gasteiger partial charge in [0.05, 0.1) is 0 Å². The zero-order chi connectivity index (χ0) is 14.8. The van der Waals surface area contributed by atoms with E-state index >= 15 is 0 Å². The third-order valence-corrected chi connectivity index (χ3v) is 3.83. The highest BCUT2D eigenvalue weighted by Crippen LogP contribution is 2.23. The number of piperidine rings is 1. The third-order valence-electron chi connectivity index (χ3n) is 3.83. The Kier molecular flexibility index (Phi) is 3.60. The van der Waals surface area contributed by atoms with Crippen LogP contribution in [0.2, 0.25) is 0 Å². The molecule has 2 aromatic rings. The lowest BCUT2D eigenvalue weighted by atomic mass is 9.98. The lowest BCUT2D eigenvalue weighted by Gasteiger charge is -2.29. The number of ketones is 1. The molecule has 1 saturated heterocycles. The minimum Gasteiger partial charge on any atom is -0.451 e. The minimum atomic E-state index is -0.142. The van der Waals surface area contributed by atoms with Gasteiger partial charge in [-0.3, -0.25) is 9.59 Å². The first kappa shape index (κ1) is 13.6. The fourth-order valence-electron chi connectivity index (χ4n) is 2.57. The Morgan fingerprint density at radius 2 is 1.95 bits per heavy atom. The van der Waals surface area contributed by atoms with E-state index in [1.54, 1.807) is 17.0 Å². The fourth-order valence-corrected chi connectivity index (χ4v) is 2.57. The number of furan rings is 1. The van der Waals surface area contributed by atoms with E-state index in [1.165, 1.54) is 0 Å². The summed E-state index contributed by atoms with van der Waals surface area (Å²) in [5, 5.41) is 0. The molecule has 4 heteroatoms. The van der Waals surface area contributed by atoms with E-state index in [1.807, 2.05) is 37.3 Å². The second-order valence-electron chi connectivity index (χ2n) is 5.40. The predicted molar refractivity (Wildman–Crippen MR) is 78.8 cm³/mol. The average Bonchev–Trinajstić information content (AvgIpc) is 3.00. The molecular formula is C17H17NO3. The number of carbonyl (C=O) groups is 2. The van der Waals surface area contributed by atoms with Crippen LogP contribution in [-0.2, 0) is 4.79 Å². The molecule has 0 saturated carbocycles. The molecule has 1 unspecified atom stereocenters. The van der Waals surface area contributed by atoms with Crippen molar-refractivity contribution in [3.63, 3.8) is 0 Å². The molecule has 1 aliphatic heterocycles. The number of hydrogen-bond acceptors (Lipinski definition) is 3. The maximum absolute atomic E-state index is 12.4. The van der Waals surface area contributed by atoms with Crippen LogP contribution in [0.25, 0.3) is 11.3 Å². The van der Waals surface area contributed by atoms with E-state index < -0.39 is 0 Å². The number of Topliss-reactive ketones (excluding diaryl/α,β-unsaturated/α-hetero) is 1. The van der Waals surface area contributed by atoms with Crippen LogP contribution in [0.4, 0.5) is 0 Å². The van der Waals surface area contributed by atoms with Crippen LogP contribution in [-0.4, -0.2) is 29.7 Å². The van der Waals surface area contributed by atoms with Crippen molar-refractivity contribution in [3.05, 3.63) is 48.2 Å². The van der Waals surface area contributed by atoms with Gasteiger partial charge in [0, 0.05) is 31.0 Å². The largest absolute Gasteiger partial charge is 0.451 e. The van der Waals surface area contributed by atoms with Gasteiger partial charge in [0.1, 0.15) is 11.5 Å². The Morgan fingerprint density at radius 3 is 2.67 bits per heavy atom. The van der Waals surface area contributed by atoms with Crippen molar-refractivity contribution in [2.24, 2.45) is 5.92 Å². The Morgan fingerprint density at radius 1 is 1.19 bits per heavy atom. The Balaban J connectivity index is 1.77. The lowest BCUT2D eigenvalue weighted by molar-refractivity contribution is -0.124. The molecule has 3 rings (SSSR count). The normalized spacial score (nSPS) is 18.8. The Hall–Kier alpha value is -2.36. The van der Waals surface area contributed by atoms with Gasteiger partial charge in [-0.25, -0.2) is 0 Å². The first-order valence-corrected chi connectivity index (χ1v) is 7.12. The van der Waals surface area contributed by atoms with Gasteiger partial charge in [0.15, 0.2) is 5.76 Å². The highest BCUT2D eigenvalue weighted by atomic mass is 16.4. The smallest absolute Gasteiger partial charge is 0.289 e. The third kappa shape index (κ3) is 2.75. The van der Waals surface area contributed by atoms with Crippen molar-refractivity contribution >= 4 is 11.7 Å². The van der Waals surface area contributed by atoms with Gasteiger partial charge in [0.25, 0.3) is 5.91 Å². The van der Waals surface area contributed by atoms with Gasteiger partial charge in [-0.2, -0.15) is 0 Å². The summed E-state index contributed by atoms with van der Waals surface area (Å²) in [5.74, 6) is 1.00. The molecule has 0 aliphatic carbocycles. The molecular weight excluding hydrogens is 266 g/mol. The van der Waals surface area contributed by atoms with Gasteiger partial charge in [-0.1, -0.05) is 37.3 Å². The molecule has 1 atom stereocenters. The summed E-state index contributed by atoms with van der Waals surface area (Å²) in [6, 6.07) is 13.2. The summed E-state index contributed by atoms with van der Waals surface area (Å²) >= 11 is 0. The summed E-state index contributed by atoms with van der Waals surface area (Å²) in [5.41, 5.74) is 0.943. The molecule has 1 amide bonds. The molecule has 0 radical (unpaired) electrons. The van der Waals surface area contributed by atoms with Gasteiger partial charge in [-0.05, 0) is 12.1 Å². The Bertz CT molecular complexity index is 660. The van der Waals surface area contributed by atoms with Crippen LogP contribution >= 0.6 is 0 Å². The second kappa shape index (κ2) is 5.56. The standard InChI is InChI=1S/C17H17NO3/c1-12-11-18(10-9-14(12)19)17(20)16-8-7-15(21-16)13-5-3-2-4-6-13/h2-8,12H,9-11H2,1H3. The van der Waals surface area contributed by atoms with Crippen LogP contribution in [0.3, 0.4) is 0 Å². The number of benzene rings is 1. The van der Waals surface area contributed by atoms with Gasteiger partial charge in [0.2, 0.25) is 0 Å². The zero-order valence-corrected chi connectivity index (χ0v) is 11.9. The van der Waals surface area contributed by atoms with Gasteiger partial charge >= 0.3 is 0 Å². The van der Waals surface area contributed by atoms with E-state index in [4.69, 9.17) is 4.42 Å². The van der Waals surface area contributed by atoms with E-state index in [0.29, 0.717) is 31.0 Å². The first-order valence-electron chi connectivity index (χ1n) is 7.12. The summed E-state index contributed by atoms with van der Waals surface area (Å²) in [4.78, 5) is 25.6. The van der Waals surface area contributed by atoms with Crippen molar-refractivity contribution in [1.29, 1.82) is 0 Å². The topological polar surface area (TPSA) is 50.5 Å². The molecule has 1 fully saturated rings. The van der Waals surface area contributed by atoms with Gasteiger partial charge < -0.3 is 9.32 Å². The van der Waals surface area contributed by atoms with Crippen molar-refractivity contribution in [2.75, 3.05) is 13.1 Å². The molecule has 4 nitrogen and oxygen atoms in total.